The third-order valence-corrected chi connectivity index (χ3v) is 5.12. The van der Waals surface area contributed by atoms with Crippen LogP contribution in [0.3, 0.4) is 0 Å². The summed E-state index contributed by atoms with van der Waals surface area (Å²) >= 11 is 3.27. The summed E-state index contributed by atoms with van der Waals surface area (Å²) in [4.78, 5) is 15.8. The van der Waals surface area contributed by atoms with Gasteiger partial charge in [-0.05, 0) is 63.0 Å². The first-order chi connectivity index (χ1) is 15.5. The summed E-state index contributed by atoms with van der Waals surface area (Å²) in [6, 6.07) is 10.7. The van der Waals surface area contributed by atoms with Gasteiger partial charge in [0.25, 0.3) is 5.91 Å². The van der Waals surface area contributed by atoms with Gasteiger partial charge in [-0.3, -0.25) is 4.79 Å². The minimum atomic E-state index is -0.379. The zero-order chi connectivity index (χ0) is 22.7. The number of hydrogen-bond acceptors (Lipinski definition) is 8. The van der Waals surface area contributed by atoms with Crippen LogP contribution in [0.2, 0.25) is 0 Å². The number of nitrogens with one attached hydrogen (secondary N) is 2. The first-order valence-electron chi connectivity index (χ1n) is 9.54. The topological polar surface area (TPSA) is 156 Å². The number of aromatic nitrogens is 4. The van der Waals surface area contributed by atoms with Crippen molar-refractivity contribution in [1.82, 2.24) is 20.7 Å². The van der Waals surface area contributed by atoms with Crippen molar-refractivity contribution >= 4 is 44.9 Å². The molecule has 2 aromatic carbocycles. The number of phenols is 1. The van der Waals surface area contributed by atoms with Gasteiger partial charge in [0.15, 0.2) is 29.1 Å². The number of phenolic OH excluding ortho intramolecular Hbond substituents is 1. The summed E-state index contributed by atoms with van der Waals surface area (Å²) in [5, 5.41) is 21.4. The fourth-order valence-electron chi connectivity index (χ4n) is 3.13. The number of para-hydroxylation sites is 2. The third-order valence-electron chi connectivity index (χ3n) is 4.51. The standard InChI is InChI=1S/C20H18BrN7O4/c1-2-31-15-8-11(7-12(21)18(15)30)9-23-25-16(29)10-28-14-6-4-3-5-13(14)24-20(28)17-19(22)27-32-26-17/h3-9H,2,10H2,1H3,(H4,22,23,24,25,26,27,29,30)/p+1. The second kappa shape index (κ2) is 9.06. The zero-order valence-electron chi connectivity index (χ0n) is 16.9. The van der Waals surface area contributed by atoms with E-state index in [0.29, 0.717) is 33.9 Å². The van der Waals surface area contributed by atoms with E-state index in [9.17, 15) is 9.90 Å². The molecule has 4 aromatic rings. The molecular formula is C20H19BrN7O4+. The highest BCUT2D eigenvalue weighted by Crippen LogP contribution is 2.35. The molecule has 0 saturated carbocycles. The van der Waals surface area contributed by atoms with Gasteiger partial charge in [0, 0.05) is 0 Å². The van der Waals surface area contributed by atoms with Gasteiger partial charge in [-0.1, -0.05) is 12.1 Å². The number of fused-ring (bicyclic) bond motifs is 1. The molecule has 2 aromatic heterocycles. The summed E-state index contributed by atoms with van der Waals surface area (Å²) in [5.74, 6) is 0.514. The Kier molecular flexibility index (Phi) is 6.03. The fourth-order valence-corrected chi connectivity index (χ4v) is 3.59. The van der Waals surface area contributed by atoms with E-state index >= 15 is 0 Å². The Morgan fingerprint density at radius 3 is 2.97 bits per heavy atom. The number of H-pyrrole nitrogens is 1. The van der Waals surface area contributed by atoms with E-state index in [1.807, 2.05) is 31.2 Å². The molecule has 1 amide bonds. The smallest absolute Gasteiger partial charge is 0.314 e. The van der Waals surface area contributed by atoms with Gasteiger partial charge < -0.3 is 15.6 Å². The normalized spacial score (nSPS) is 11.3. The lowest BCUT2D eigenvalue weighted by atomic mass is 10.2. The molecule has 0 unspecified atom stereocenters. The summed E-state index contributed by atoms with van der Waals surface area (Å²) in [6.45, 7) is 2.15. The van der Waals surface area contributed by atoms with Crippen molar-refractivity contribution in [3.05, 3.63) is 46.4 Å². The Morgan fingerprint density at radius 2 is 2.22 bits per heavy atom. The monoisotopic (exact) mass is 500 g/mol. The minimum absolute atomic E-state index is 0.00193. The SMILES string of the molecule is CCOc1cc(C=NNC(=O)C[n+]2c(-c3nonc3N)[nH]c3ccccc32)cc(Br)c1O. The van der Waals surface area contributed by atoms with Gasteiger partial charge in [-0.15, -0.1) is 0 Å². The van der Waals surface area contributed by atoms with Crippen molar-refractivity contribution in [3.8, 4) is 23.0 Å². The van der Waals surface area contributed by atoms with Crippen molar-refractivity contribution in [3.63, 3.8) is 0 Å². The van der Waals surface area contributed by atoms with Crippen LogP contribution >= 0.6 is 15.9 Å². The van der Waals surface area contributed by atoms with E-state index in [2.05, 4.69) is 41.8 Å². The molecule has 0 spiro atoms. The lowest BCUT2D eigenvalue weighted by Crippen LogP contribution is -2.42. The molecule has 0 saturated heterocycles. The molecule has 0 bridgehead atoms. The van der Waals surface area contributed by atoms with Gasteiger partial charge in [-0.25, -0.2) is 19.6 Å². The Labute approximate surface area is 190 Å². The summed E-state index contributed by atoms with van der Waals surface area (Å²) < 4.78 is 12.3. The highest BCUT2D eigenvalue weighted by molar-refractivity contribution is 9.10. The van der Waals surface area contributed by atoms with Crippen molar-refractivity contribution in [2.45, 2.75) is 13.5 Å². The highest BCUT2D eigenvalue weighted by atomic mass is 79.9. The van der Waals surface area contributed by atoms with Crippen LogP contribution < -0.4 is 20.5 Å². The molecule has 0 aliphatic rings. The number of nitrogens with zero attached hydrogens (tertiary/aromatic N) is 4. The first-order valence-corrected chi connectivity index (χ1v) is 10.3. The van der Waals surface area contributed by atoms with Crippen LogP contribution in [0.25, 0.3) is 22.6 Å². The number of hydrazone groups is 1. The van der Waals surface area contributed by atoms with Crippen LogP contribution in [0.15, 0.2) is 50.6 Å². The predicted molar refractivity (Wildman–Crippen MR) is 119 cm³/mol. The molecule has 2 heterocycles. The molecule has 164 valence electrons. The number of rotatable bonds is 7. The Hall–Kier alpha value is -3.93. The molecule has 5 N–H and O–H groups in total. The number of halogens is 1. The Bertz CT molecular complexity index is 1310. The average Bonchev–Trinajstić information content (AvgIpc) is 3.35. The number of carbonyl (C=O) groups excluding carboxylic acids is 1. The highest BCUT2D eigenvalue weighted by Gasteiger charge is 2.27. The maximum Gasteiger partial charge on any atom is 0.314 e. The predicted octanol–water partition coefficient (Wildman–Crippen LogP) is 2.10. The van der Waals surface area contributed by atoms with Gasteiger partial charge in [0.1, 0.15) is 0 Å². The second-order valence-corrected chi connectivity index (χ2v) is 7.50. The van der Waals surface area contributed by atoms with Gasteiger partial charge >= 0.3 is 5.82 Å². The van der Waals surface area contributed by atoms with E-state index < -0.39 is 0 Å². The second-order valence-electron chi connectivity index (χ2n) is 6.65. The Morgan fingerprint density at radius 1 is 1.41 bits per heavy atom. The number of ether oxygens (including phenoxy) is 1. The molecule has 0 atom stereocenters. The molecular weight excluding hydrogens is 482 g/mol. The number of nitrogens with two attached hydrogens (primary N) is 1. The lowest BCUT2D eigenvalue weighted by molar-refractivity contribution is -0.647. The summed E-state index contributed by atoms with van der Waals surface area (Å²) in [5.41, 5.74) is 10.8. The third kappa shape index (κ3) is 4.25. The van der Waals surface area contributed by atoms with Crippen LogP contribution in [0, 0.1) is 0 Å². The van der Waals surface area contributed by atoms with Crippen molar-refractivity contribution in [2.24, 2.45) is 5.10 Å². The molecule has 12 heteroatoms. The van der Waals surface area contributed by atoms with E-state index in [-0.39, 0.29) is 24.0 Å². The first kappa shape index (κ1) is 21.3. The van der Waals surface area contributed by atoms with Crippen LogP contribution in [0.5, 0.6) is 11.5 Å². The number of hydrogen-bond donors (Lipinski definition) is 4. The molecule has 0 aliphatic carbocycles. The average molecular weight is 501 g/mol. The molecule has 32 heavy (non-hydrogen) atoms. The number of aromatic amines is 1. The van der Waals surface area contributed by atoms with Crippen LogP contribution in [-0.4, -0.2) is 39.1 Å². The number of aromatic hydroxyl groups is 1. The quantitative estimate of drug-likeness (QED) is 0.172. The van der Waals surface area contributed by atoms with Crippen LogP contribution in [-0.2, 0) is 11.3 Å². The Balaban J connectivity index is 1.55. The molecule has 0 radical (unpaired) electrons. The van der Waals surface area contributed by atoms with Crippen molar-refractivity contribution in [1.29, 1.82) is 0 Å². The maximum atomic E-state index is 12.6. The fraction of sp³-hybridized carbons (Fsp3) is 0.150. The molecule has 0 fully saturated rings. The number of imidazole rings is 1. The van der Waals surface area contributed by atoms with Crippen LogP contribution in [0.1, 0.15) is 12.5 Å². The molecule has 0 aliphatic heterocycles. The van der Waals surface area contributed by atoms with E-state index in [1.54, 1.807) is 16.7 Å². The van der Waals surface area contributed by atoms with Crippen LogP contribution in [0.4, 0.5) is 5.82 Å². The van der Waals surface area contributed by atoms with Crippen molar-refractivity contribution in [2.75, 3.05) is 12.3 Å². The van der Waals surface area contributed by atoms with Gasteiger partial charge in [-0.2, -0.15) is 5.10 Å². The number of amides is 1. The number of nitrogen functional groups attached to an aromatic ring is 1. The van der Waals surface area contributed by atoms with E-state index in [1.165, 1.54) is 6.21 Å². The maximum absolute atomic E-state index is 12.6. The van der Waals surface area contributed by atoms with Gasteiger partial charge in [0.05, 0.1) is 17.3 Å². The molecule has 11 nitrogen and oxygen atoms in total. The summed E-state index contributed by atoms with van der Waals surface area (Å²) in [6.07, 6.45) is 1.45. The zero-order valence-corrected chi connectivity index (χ0v) is 18.5. The summed E-state index contributed by atoms with van der Waals surface area (Å²) in [7, 11) is 0. The number of carbonyl (C=O) groups is 1. The molecule has 4 rings (SSSR count). The van der Waals surface area contributed by atoms with Crippen molar-refractivity contribution < 1.29 is 23.8 Å². The largest absolute Gasteiger partial charge is 0.503 e. The van der Waals surface area contributed by atoms with E-state index in [4.69, 9.17) is 15.1 Å². The lowest BCUT2D eigenvalue weighted by Gasteiger charge is -2.08. The van der Waals surface area contributed by atoms with Gasteiger partial charge in [0.2, 0.25) is 11.5 Å². The minimum Gasteiger partial charge on any atom is -0.503 e. The number of benzene rings is 2. The van der Waals surface area contributed by atoms with E-state index in [0.717, 1.165) is 11.0 Å². The number of anilines is 1.